The van der Waals surface area contributed by atoms with Crippen molar-refractivity contribution in [2.75, 3.05) is 26.2 Å². The van der Waals surface area contributed by atoms with Gasteiger partial charge < -0.3 is 14.9 Å². The number of piperazine rings is 1. The number of imidazole rings is 1. The van der Waals surface area contributed by atoms with E-state index < -0.39 is 5.60 Å². The lowest BCUT2D eigenvalue weighted by Gasteiger charge is -2.42. The molecule has 2 aliphatic rings. The van der Waals surface area contributed by atoms with Gasteiger partial charge in [-0.1, -0.05) is 29.8 Å². The molecular weight excluding hydrogens is 416 g/mol. The fourth-order valence-corrected chi connectivity index (χ4v) is 4.53. The van der Waals surface area contributed by atoms with E-state index in [0.717, 1.165) is 17.6 Å². The molecule has 5 rings (SSSR count). The Kier molecular flexibility index (Phi) is 4.95. The Morgan fingerprint density at radius 1 is 0.968 bits per heavy atom. The molecule has 2 amide bonds. The number of benzene rings is 1. The average molecular weight is 439 g/mol. The molecule has 7 nitrogen and oxygen atoms in total. The first kappa shape index (κ1) is 20.0. The van der Waals surface area contributed by atoms with Gasteiger partial charge in [0.05, 0.1) is 0 Å². The monoisotopic (exact) mass is 438 g/mol. The predicted octanol–water partition coefficient (Wildman–Crippen LogP) is 2.85. The molecule has 0 unspecified atom stereocenters. The molecule has 1 aliphatic carbocycles. The molecule has 2 fully saturated rings. The second-order valence-electron chi connectivity index (χ2n) is 8.23. The highest BCUT2D eigenvalue weighted by molar-refractivity contribution is 6.32. The molecule has 3 aromatic rings. The van der Waals surface area contributed by atoms with Gasteiger partial charge in [-0.15, -0.1) is 0 Å². The van der Waals surface area contributed by atoms with Gasteiger partial charge in [0.15, 0.2) is 0 Å². The summed E-state index contributed by atoms with van der Waals surface area (Å²) in [4.78, 5) is 33.4. The van der Waals surface area contributed by atoms with Gasteiger partial charge in [-0.25, -0.2) is 4.98 Å². The van der Waals surface area contributed by atoms with Crippen molar-refractivity contribution in [3.63, 3.8) is 0 Å². The number of aliphatic hydroxyl groups is 1. The fourth-order valence-electron chi connectivity index (χ4n) is 4.24. The first-order valence-corrected chi connectivity index (χ1v) is 10.9. The van der Waals surface area contributed by atoms with Crippen LogP contribution in [0.1, 0.15) is 29.6 Å². The summed E-state index contributed by atoms with van der Waals surface area (Å²) in [5, 5.41) is 10.8. The normalized spacial score (nSPS) is 18.1. The van der Waals surface area contributed by atoms with Crippen LogP contribution in [0.4, 0.5) is 0 Å². The van der Waals surface area contributed by atoms with Crippen LogP contribution in [0.5, 0.6) is 0 Å². The quantitative estimate of drug-likeness (QED) is 0.682. The van der Waals surface area contributed by atoms with Crippen LogP contribution in [0, 0.1) is 0 Å². The highest BCUT2D eigenvalue weighted by Gasteiger charge is 2.45. The molecule has 0 spiro atoms. The maximum Gasteiger partial charge on any atom is 0.254 e. The SMILES string of the molecule is O=C(c1ccc(-c2nc3ccccn3c2Cl)cc1)N1CCN(C(=O)C2(O)CCC2)CC1. The molecule has 31 heavy (non-hydrogen) atoms. The van der Waals surface area contributed by atoms with E-state index in [0.29, 0.717) is 55.4 Å². The minimum absolute atomic E-state index is 0.0675. The molecule has 3 heterocycles. The van der Waals surface area contributed by atoms with Crippen LogP contribution >= 0.6 is 11.6 Å². The summed E-state index contributed by atoms with van der Waals surface area (Å²) in [5.41, 5.74) is 1.69. The third-order valence-electron chi connectivity index (χ3n) is 6.31. The zero-order valence-electron chi connectivity index (χ0n) is 17.0. The van der Waals surface area contributed by atoms with Crippen molar-refractivity contribution in [3.05, 3.63) is 59.4 Å². The highest BCUT2D eigenvalue weighted by atomic mass is 35.5. The van der Waals surface area contributed by atoms with Crippen molar-refractivity contribution in [2.45, 2.75) is 24.9 Å². The van der Waals surface area contributed by atoms with Gasteiger partial charge >= 0.3 is 0 Å². The standard InChI is InChI=1S/C23H23ClN4O3/c24-20-19(25-18-4-1-2-11-28(18)20)16-5-7-17(8-6-16)21(29)26-12-14-27(15-13-26)22(30)23(31)9-3-10-23/h1-2,4-8,11,31H,3,9-10,12-15H2. The van der Waals surface area contributed by atoms with E-state index >= 15 is 0 Å². The third-order valence-corrected chi connectivity index (χ3v) is 6.67. The molecule has 1 aromatic carbocycles. The summed E-state index contributed by atoms with van der Waals surface area (Å²) < 4.78 is 1.82. The molecule has 160 valence electrons. The molecule has 1 saturated heterocycles. The fraction of sp³-hybridized carbons (Fsp3) is 0.348. The van der Waals surface area contributed by atoms with Gasteiger partial charge in [-0.05, 0) is 43.5 Å². The summed E-state index contributed by atoms with van der Waals surface area (Å²) in [7, 11) is 0. The summed E-state index contributed by atoms with van der Waals surface area (Å²) in [6.45, 7) is 1.81. The van der Waals surface area contributed by atoms with Crippen molar-refractivity contribution in [1.82, 2.24) is 19.2 Å². The van der Waals surface area contributed by atoms with Gasteiger partial charge in [-0.2, -0.15) is 0 Å². The Hall–Kier alpha value is -2.90. The maximum absolute atomic E-state index is 12.9. The van der Waals surface area contributed by atoms with Crippen LogP contribution < -0.4 is 0 Å². The van der Waals surface area contributed by atoms with E-state index in [2.05, 4.69) is 4.98 Å². The summed E-state index contributed by atoms with van der Waals surface area (Å²) in [5.74, 6) is -0.262. The smallest absolute Gasteiger partial charge is 0.254 e. The van der Waals surface area contributed by atoms with Crippen molar-refractivity contribution in [2.24, 2.45) is 0 Å². The summed E-state index contributed by atoms with van der Waals surface area (Å²) >= 11 is 6.48. The number of amides is 2. The number of carbonyl (C=O) groups is 2. The number of hydrogen-bond acceptors (Lipinski definition) is 4. The van der Waals surface area contributed by atoms with E-state index in [4.69, 9.17) is 11.6 Å². The third kappa shape index (κ3) is 3.47. The van der Waals surface area contributed by atoms with Crippen molar-refractivity contribution >= 4 is 29.1 Å². The average Bonchev–Trinajstić information content (AvgIpc) is 3.13. The topological polar surface area (TPSA) is 78.2 Å². The van der Waals surface area contributed by atoms with Crippen LogP contribution in [-0.2, 0) is 4.79 Å². The molecule has 0 radical (unpaired) electrons. The number of pyridine rings is 1. The van der Waals surface area contributed by atoms with Crippen molar-refractivity contribution in [3.8, 4) is 11.3 Å². The van der Waals surface area contributed by atoms with Crippen LogP contribution in [0.15, 0.2) is 48.7 Å². The number of halogens is 1. The number of hydrogen-bond donors (Lipinski definition) is 1. The number of carbonyl (C=O) groups excluding carboxylic acids is 2. The number of rotatable bonds is 3. The van der Waals surface area contributed by atoms with Gasteiger partial charge in [0.2, 0.25) is 0 Å². The van der Waals surface area contributed by atoms with Crippen LogP contribution in [0.25, 0.3) is 16.9 Å². The number of aromatic nitrogens is 2. The Morgan fingerprint density at radius 2 is 1.65 bits per heavy atom. The first-order valence-electron chi connectivity index (χ1n) is 10.5. The highest BCUT2D eigenvalue weighted by Crippen LogP contribution is 2.33. The zero-order chi connectivity index (χ0) is 21.6. The molecular formula is C23H23ClN4O3. The maximum atomic E-state index is 12.9. The molecule has 0 atom stereocenters. The summed E-state index contributed by atoms with van der Waals surface area (Å²) in [6.07, 6.45) is 3.82. The van der Waals surface area contributed by atoms with Crippen molar-refractivity contribution in [1.29, 1.82) is 0 Å². The van der Waals surface area contributed by atoms with E-state index in [1.807, 2.05) is 40.9 Å². The molecule has 2 aromatic heterocycles. The molecule has 1 aliphatic heterocycles. The molecule has 8 heteroatoms. The number of fused-ring (bicyclic) bond motifs is 1. The van der Waals surface area contributed by atoms with Gasteiger partial charge in [-0.3, -0.25) is 14.0 Å². The van der Waals surface area contributed by atoms with Crippen LogP contribution in [0.2, 0.25) is 5.15 Å². The Morgan fingerprint density at radius 3 is 2.26 bits per heavy atom. The van der Waals surface area contributed by atoms with Crippen LogP contribution in [0.3, 0.4) is 0 Å². The second kappa shape index (κ2) is 7.66. The van der Waals surface area contributed by atoms with E-state index in [1.54, 1.807) is 21.9 Å². The Labute approximate surface area is 184 Å². The Balaban J connectivity index is 1.26. The predicted molar refractivity (Wildman–Crippen MR) is 117 cm³/mol. The molecule has 0 bridgehead atoms. The minimum Gasteiger partial charge on any atom is -0.380 e. The van der Waals surface area contributed by atoms with E-state index in [-0.39, 0.29) is 11.8 Å². The van der Waals surface area contributed by atoms with E-state index in [1.165, 1.54) is 0 Å². The van der Waals surface area contributed by atoms with Gasteiger partial charge in [0.25, 0.3) is 11.8 Å². The summed E-state index contributed by atoms with van der Waals surface area (Å²) in [6, 6.07) is 13.0. The lowest BCUT2D eigenvalue weighted by atomic mass is 9.79. The molecule has 1 N–H and O–H groups in total. The van der Waals surface area contributed by atoms with Gasteiger partial charge in [0.1, 0.15) is 22.1 Å². The lowest BCUT2D eigenvalue weighted by Crippen LogP contribution is -2.58. The number of nitrogens with zero attached hydrogens (tertiary/aromatic N) is 4. The minimum atomic E-state index is -1.18. The Bertz CT molecular complexity index is 1150. The largest absolute Gasteiger partial charge is 0.380 e. The van der Waals surface area contributed by atoms with E-state index in [9.17, 15) is 14.7 Å². The first-order chi connectivity index (χ1) is 15.0. The van der Waals surface area contributed by atoms with Crippen molar-refractivity contribution < 1.29 is 14.7 Å². The van der Waals surface area contributed by atoms with Gasteiger partial charge in [0, 0.05) is 43.5 Å². The second-order valence-corrected chi connectivity index (χ2v) is 8.58. The lowest BCUT2D eigenvalue weighted by molar-refractivity contribution is -0.161. The van der Waals surface area contributed by atoms with Crippen LogP contribution in [-0.4, -0.2) is 67.9 Å². The zero-order valence-corrected chi connectivity index (χ0v) is 17.8. The molecule has 1 saturated carbocycles.